The van der Waals surface area contributed by atoms with E-state index in [0.717, 1.165) is 44.8 Å². The van der Waals surface area contributed by atoms with Crippen LogP contribution in [-0.4, -0.2) is 33.2 Å². The minimum absolute atomic E-state index is 0.0134. The van der Waals surface area contributed by atoms with Crippen molar-refractivity contribution in [2.45, 2.75) is 63.3 Å². The number of fused-ring (bicyclic) bond motifs is 1. The predicted octanol–water partition coefficient (Wildman–Crippen LogP) is 4.07. The number of alkyl halides is 3. The molecule has 9 heteroatoms. The van der Waals surface area contributed by atoms with Crippen LogP contribution in [0.4, 0.5) is 19.1 Å². The highest BCUT2D eigenvalue weighted by molar-refractivity contribution is 5.91. The largest absolute Gasteiger partial charge is 0.433 e. The topological polar surface area (TPSA) is 69.0 Å². The molecule has 1 amide bonds. The summed E-state index contributed by atoms with van der Waals surface area (Å²) >= 11 is 0. The lowest BCUT2D eigenvalue weighted by Crippen LogP contribution is -2.23. The standard InChI is InChI=1S/C18H21F3N4O2/c19-18(20,21)14-8-7-13-16(23-14)25(11-3-1-4-11)17(22-13)24-15(26)9-6-12-5-2-10-27-12/h7-8,11-12H,1-6,9-10H2,(H,22,24,26)/t12-/m0/s1. The molecule has 146 valence electrons. The van der Waals surface area contributed by atoms with Gasteiger partial charge < -0.3 is 4.74 Å². The molecule has 6 nitrogen and oxygen atoms in total. The number of ether oxygens (including phenoxy) is 1. The third-order valence-electron chi connectivity index (χ3n) is 5.24. The van der Waals surface area contributed by atoms with E-state index < -0.39 is 11.9 Å². The molecule has 2 aromatic heterocycles. The number of hydrogen-bond donors (Lipinski definition) is 1. The van der Waals surface area contributed by atoms with Gasteiger partial charge in [0.05, 0.1) is 6.10 Å². The molecule has 1 saturated heterocycles. The van der Waals surface area contributed by atoms with Crippen LogP contribution in [0.25, 0.3) is 11.2 Å². The normalized spacial score (nSPS) is 20.8. The molecule has 2 aliphatic rings. The van der Waals surface area contributed by atoms with E-state index in [1.165, 1.54) is 6.07 Å². The zero-order valence-corrected chi connectivity index (χ0v) is 14.8. The van der Waals surface area contributed by atoms with Gasteiger partial charge >= 0.3 is 6.18 Å². The fourth-order valence-corrected chi connectivity index (χ4v) is 3.56. The molecule has 27 heavy (non-hydrogen) atoms. The Morgan fingerprint density at radius 3 is 2.67 bits per heavy atom. The van der Waals surface area contributed by atoms with Crippen LogP contribution < -0.4 is 5.32 Å². The van der Waals surface area contributed by atoms with Gasteiger partial charge in [-0.3, -0.25) is 14.7 Å². The Morgan fingerprint density at radius 1 is 1.22 bits per heavy atom. The summed E-state index contributed by atoms with van der Waals surface area (Å²) in [7, 11) is 0. The maximum Gasteiger partial charge on any atom is 0.433 e. The van der Waals surface area contributed by atoms with Gasteiger partial charge in [-0.25, -0.2) is 9.97 Å². The number of imidazole rings is 1. The average molecular weight is 382 g/mol. The van der Waals surface area contributed by atoms with Crippen molar-refractivity contribution in [3.05, 3.63) is 17.8 Å². The van der Waals surface area contributed by atoms with Gasteiger partial charge in [0, 0.05) is 19.1 Å². The fraction of sp³-hybridized carbons (Fsp3) is 0.611. The number of hydrogen-bond acceptors (Lipinski definition) is 4. The quantitative estimate of drug-likeness (QED) is 0.846. The highest BCUT2D eigenvalue weighted by atomic mass is 19.4. The van der Waals surface area contributed by atoms with Crippen molar-refractivity contribution in [2.75, 3.05) is 11.9 Å². The first-order valence-electron chi connectivity index (χ1n) is 9.29. The number of amides is 1. The molecule has 1 saturated carbocycles. The van der Waals surface area contributed by atoms with Gasteiger partial charge in [0.25, 0.3) is 0 Å². The highest BCUT2D eigenvalue weighted by Crippen LogP contribution is 2.38. The van der Waals surface area contributed by atoms with Crippen LogP contribution >= 0.6 is 0 Å². The fourth-order valence-electron chi connectivity index (χ4n) is 3.56. The van der Waals surface area contributed by atoms with Crippen LogP contribution in [0.1, 0.15) is 56.7 Å². The van der Waals surface area contributed by atoms with Crippen molar-refractivity contribution in [1.29, 1.82) is 0 Å². The summed E-state index contributed by atoms with van der Waals surface area (Å²) in [6.45, 7) is 0.733. The minimum Gasteiger partial charge on any atom is -0.378 e. The average Bonchev–Trinajstić information content (AvgIpc) is 3.19. The first-order chi connectivity index (χ1) is 12.9. The Balaban J connectivity index is 1.58. The Labute approximate surface area is 154 Å². The minimum atomic E-state index is -4.52. The third kappa shape index (κ3) is 3.78. The maximum atomic E-state index is 13.0. The lowest BCUT2D eigenvalue weighted by Gasteiger charge is -2.28. The van der Waals surface area contributed by atoms with Crippen molar-refractivity contribution in [2.24, 2.45) is 0 Å². The van der Waals surface area contributed by atoms with Crippen LogP contribution in [0.2, 0.25) is 0 Å². The smallest absolute Gasteiger partial charge is 0.378 e. The van der Waals surface area contributed by atoms with Crippen LogP contribution in [0.3, 0.4) is 0 Å². The predicted molar refractivity (Wildman–Crippen MR) is 92.3 cm³/mol. The molecule has 0 radical (unpaired) electrons. The maximum absolute atomic E-state index is 13.0. The Morgan fingerprint density at radius 2 is 2.04 bits per heavy atom. The lowest BCUT2D eigenvalue weighted by atomic mass is 9.93. The SMILES string of the molecule is O=C(CC[C@@H]1CCCO1)Nc1nc2ccc(C(F)(F)F)nc2n1C1CCC1. The van der Waals surface area contributed by atoms with Gasteiger partial charge in [-0.2, -0.15) is 13.2 Å². The van der Waals surface area contributed by atoms with E-state index in [0.29, 0.717) is 18.4 Å². The van der Waals surface area contributed by atoms with E-state index in [4.69, 9.17) is 4.74 Å². The van der Waals surface area contributed by atoms with Crippen molar-refractivity contribution in [3.8, 4) is 0 Å². The van der Waals surface area contributed by atoms with Gasteiger partial charge in [0.2, 0.25) is 11.9 Å². The number of nitrogens with zero attached hydrogens (tertiary/aromatic N) is 3. The molecule has 0 unspecified atom stereocenters. The highest BCUT2D eigenvalue weighted by Gasteiger charge is 2.34. The van der Waals surface area contributed by atoms with Gasteiger partial charge in [-0.05, 0) is 50.7 Å². The molecule has 1 atom stereocenters. The van der Waals surface area contributed by atoms with Gasteiger partial charge in [0.15, 0.2) is 5.65 Å². The third-order valence-corrected chi connectivity index (χ3v) is 5.24. The molecule has 3 heterocycles. The van der Waals surface area contributed by atoms with E-state index in [2.05, 4.69) is 15.3 Å². The molecule has 0 spiro atoms. The summed E-state index contributed by atoms with van der Waals surface area (Å²) in [5.74, 6) is 0.0660. The van der Waals surface area contributed by atoms with Crippen molar-refractivity contribution in [3.63, 3.8) is 0 Å². The van der Waals surface area contributed by atoms with E-state index in [-0.39, 0.29) is 29.6 Å². The monoisotopic (exact) mass is 382 g/mol. The second-order valence-electron chi connectivity index (χ2n) is 7.15. The molecule has 2 aromatic rings. The number of anilines is 1. The number of rotatable bonds is 5. The molecule has 1 aliphatic heterocycles. The first kappa shape index (κ1) is 18.2. The van der Waals surface area contributed by atoms with Gasteiger partial charge in [-0.1, -0.05) is 0 Å². The molecule has 2 fully saturated rings. The summed E-state index contributed by atoms with van der Waals surface area (Å²) in [4.78, 5) is 20.5. The van der Waals surface area contributed by atoms with Crippen molar-refractivity contribution in [1.82, 2.24) is 14.5 Å². The van der Waals surface area contributed by atoms with Gasteiger partial charge in [-0.15, -0.1) is 0 Å². The molecule has 0 bridgehead atoms. The van der Waals surface area contributed by atoms with Crippen molar-refractivity contribution < 1.29 is 22.7 Å². The summed E-state index contributed by atoms with van der Waals surface area (Å²) in [6.07, 6.45) is 1.14. The Hall–Kier alpha value is -2.16. The van der Waals surface area contributed by atoms with Gasteiger partial charge in [0.1, 0.15) is 11.2 Å². The molecule has 1 aliphatic carbocycles. The molecular formula is C18H21F3N4O2. The van der Waals surface area contributed by atoms with E-state index >= 15 is 0 Å². The number of halogens is 3. The zero-order valence-electron chi connectivity index (χ0n) is 14.8. The molecule has 1 N–H and O–H groups in total. The number of carbonyl (C=O) groups is 1. The second kappa shape index (κ2) is 7.10. The lowest BCUT2D eigenvalue weighted by molar-refractivity contribution is -0.141. The van der Waals surface area contributed by atoms with Crippen LogP contribution in [0.5, 0.6) is 0 Å². The van der Waals surface area contributed by atoms with Crippen LogP contribution in [-0.2, 0) is 15.7 Å². The summed E-state index contributed by atoms with van der Waals surface area (Å²) in [6, 6.07) is 2.24. The summed E-state index contributed by atoms with van der Waals surface area (Å²) < 4.78 is 46.3. The van der Waals surface area contributed by atoms with Crippen LogP contribution in [0, 0.1) is 0 Å². The van der Waals surface area contributed by atoms with E-state index in [1.807, 2.05) is 0 Å². The van der Waals surface area contributed by atoms with E-state index in [9.17, 15) is 18.0 Å². The summed E-state index contributed by atoms with van der Waals surface area (Å²) in [5, 5.41) is 2.77. The van der Waals surface area contributed by atoms with E-state index in [1.54, 1.807) is 4.57 Å². The second-order valence-corrected chi connectivity index (χ2v) is 7.15. The Bertz CT molecular complexity index is 839. The number of pyridine rings is 1. The molecular weight excluding hydrogens is 361 g/mol. The zero-order chi connectivity index (χ0) is 19.0. The first-order valence-corrected chi connectivity index (χ1v) is 9.29. The number of aromatic nitrogens is 3. The molecule has 0 aromatic carbocycles. The number of nitrogens with one attached hydrogen (secondary N) is 1. The Kier molecular flexibility index (Phi) is 4.79. The molecule has 4 rings (SSSR count). The summed E-state index contributed by atoms with van der Waals surface area (Å²) in [5.41, 5.74) is -0.431. The number of carbonyl (C=O) groups excluding carboxylic acids is 1. The van der Waals surface area contributed by atoms with Crippen molar-refractivity contribution >= 4 is 23.0 Å². The van der Waals surface area contributed by atoms with Crippen LogP contribution in [0.15, 0.2) is 12.1 Å².